The zero-order valence-corrected chi connectivity index (χ0v) is 12.4. The predicted molar refractivity (Wildman–Crippen MR) is 87.1 cm³/mol. The van der Waals surface area contributed by atoms with Crippen molar-refractivity contribution < 1.29 is 4.74 Å². The van der Waals surface area contributed by atoms with E-state index in [0.29, 0.717) is 11.6 Å². The van der Waals surface area contributed by atoms with Gasteiger partial charge >= 0.3 is 0 Å². The van der Waals surface area contributed by atoms with Crippen molar-refractivity contribution in [1.82, 2.24) is 4.98 Å². The second-order valence-corrected chi connectivity index (χ2v) is 5.06. The fourth-order valence-electron chi connectivity index (χ4n) is 2.33. The molecule has 106 valence electrons. The lowest BCUT2D eigenvalue weighted by Crippen LogP contribution is -2.03. The third-order valence-electron chi connectivity index (χ3n) is 3.38. The Kier molecular flexibility index (Phi) is 3.93. The van der Waals surface area contributed by atoms with Gasteiger partial charge in [-0.25, -0.2) is 0 Å². The lowest BCUT2D eigenvalue weighted by Gasteiger charge is -2.13. The highest BCUT2D eigenvalue weighted by atomic mass is 35.5. The van der Waals surface area contributed by atoms with E-state index in [2.05, 4.69) is 10.3 Å². The van der Waals surface area contributed by atoms with Crippen LogP contribution < -0.4 is 10.1 Å². The number of hydrogen-bond acceptors (Lipinski definition) is 3. The maximum atomic E-state index is 6.26. The van der Waals surface area contributed by atoms with Crippen LogP contribution in [0.1, 0.15) is 5.56 Å². The number of ether oxygens (including phenoxy) is 1. The second-order valence-electron chi connectivity index (χ2n) is 4.65. The molecule has 0 amide bonds. The van der Waals surface area contributed by atoms with E-state index in [1.165, 1.54) is 0 Å². The van der Waals surface area contributed by atoms with Gasteiger partial charge in [0.25, 0.3) is 0 Å². The maximum Gasteiger partial charge on any atom is 0.125 e. The number of nitrogens with zero attached hydrogens (tertiary/aromatic N) is 1. The van der Waals surface area contributed by atoms with Gasteiger partial charge in [-0.3, -0.25) is 4.98 Å². The van der Waals surface area contributed by atoms with Crippen LogP contribution in [0.4, 0.5) is 5.69 Å². The molecule has 1 N–H and O–H groups in total. The Labute approximate surface area is 128 Å². The smallest absolute Gasteiger partial charge is 0.125 e. The van der Waals surface area contributed by atoms with Gasteiger partial charge in [-0.05, 0) is 24.3 Å². The van der Waals surface area contributed by atoms with Crippen LogP contribution in [-0.4, -0.2) is 12.1 Å². The number of nitrogens with one attached hydrogen (secondary N) is 1. The standard InChI is InChI=1S/C17H15ClN2O/c1-21-16-9-3-7-14(18)13(16)11-20-15-8-2-5-12-6-4-10-19-17(12)15/h2-10,20H,11H2,1H3. The third-order valence-corrected chi connectivity index (χ3v) is 3.74. The van der Waals surface area contributed by atoms with Crippen molar-refractivity contribution in [3.8, 4) is 5.75 Å². The van der Waals surface area contributed by atoms with Crippen LogP contribution in [0.3, 0.4) is 0 Å². The van der Waals surface area contributed by atoms with Crippen molar-refractivity contribution >= 4 is 28.2 Å². The van der Waals surface area contributed by atoms with Gasteiger partial charge in [0.15, 0.2) is 0 Å². The van der Waals surface area contributed by atoms with E-state index < -0.39 is 0 Å². The summed E-state index contributed by atoms with van der Waals surface area (Å²) in [5, 5.41) is 5.19. The Bertz CT molecular complexity index is 768. The molecular weight excluding hydrogens is 284 g/mol. The highest BCUT2D eigenvalue weighted by molar-refractivity contribution is 6.31. The zero-order valence-electron chi connectivity index (χ0n) is 11.6. The van der Waals surface area contributed by atoms with Crippen LogP contribution in [0.15, 0.2) is 54.7 Å². The van der Waals surface area contributed by atoms with Gasteiger partial charge < -0.3 is 10.1 Å². The molecule has 0 saturated heterocycles. The molecule has 1 aromatic heterocycles. The van der Waals surface area contributed by atoms with Gasteiger partial charge in [0.2, 0.25) is 0 Å². The second kappa shape index (κ2) is 6.02. The number of benzene rings is 2. The Balaban J connectivity index is 1.91. The number of para-hydroxylation sites is 1. The van der Waals surface area contributed by atoms with E-state index in [0.717, 1.165) is 27.9 Å². The number of pyridine rings is 1. The minimum atomic E-state index is 0.582. The van der Waals surface area contributed by atoms with Crippen molar-refractivity contribution in [3.63, 3.8) is 0 Å². The molecule has 3 nitrogen and oxygen atoms in total. The summed E-state index contributed by atoms with van der Waals surface area (Å²) in [5.74, 6) is 0.781. The number of aromatic nitrogens is 1. The zero-order chi connectivity index (χ0) is 14.7. The molecule has 1 heterocycles. The summed E-state index contributed by atoms with van der Waals surface area (Å²) in [4.78, 5) is 4.43. The van der Waals surface area contributed by atoms with Crippen molar-refractivity contribution in [2.75, 3.05) is 12.4 Å². The Morgan fingerprint density at radius 3 is 2.76 bits per heavy atom. The Hall–Kier alpha value is -2.26. The van der Waals surface area contributed by atoms with Crippen molar-refractivity contribution in [2.24, 2.45) is 0 Å². The first-order valence-electron chi connectivity index (χ1n) is 6.68. The summed E-state index contributed by atoms with van der Waals surface area (Å²) in [6.07, 6.45) is 1.80. The molecule has 0 aliphatic heterocycles. The molecular formula is C17H15ClN2O. The SMILES string of the molecule is COc1cccc(Cl)c1CNc1cccc2cccnc12. The highest BCUT2D eigenvalue weighted by Crippen LogP contribution is 2.28. The van der Waals surface area contributed by atoms with E-state index in [4.69, 9.17) is 16.3 Å². The summed E-state index contributed by atoms with van der Waals surface area (Å²) < 4.78 is 5.36. The molecule has 21 heavy (non-hydrogen) atoms. The van der Waals surface area contributed by atoms with Crippen molar-refractivity contribution in [3.05, 3.63) is 65.3 Å². The summed E-state index contributed by atoms with van der Waals surface area (Å²) >= 11 is 6.26. The fourth-order valence-corrected chi connectivity index (χ4v) is 2.56. The van der Waals surface area contributed by atoms with Crippen LogP contribution in [0, 0.1) is 0 Å². The molecule has 0 spiro atoms. The van der Waals surface area contributed by atoms with Crippen molar-refractivity contribution in [2.45, 2.75) is 6.54 Å². The van der Waals surface area contributed by atoms with E-state index in [-0.39, 0.29) is 0 Å². The maximum absolute atomic E-state index is 6.26. The summed E-state index contributed by atoms with van der Waals surface area (Å²) in [6, 6.07) is 15.7. The van der Waals surface area contributed by atoms with Gasteiger partial charge in [-0.2, -0.15) is 0 Å². The average Bonchev–Trinajstić information content (AvgIpc) is 2.53. The number of anilines is 1. The molecule has 3 rings (SSSR count). The van der Waals surface area contributed by atoms with Gasteiger partial charge in [0, 0.05) is 28.7 Å². The molecule has 0 unspecified atom stereocenters. The molecule has 0 radical (unpaired) electrons. The first-order chi connectivity index (χ1) is 10.3. The third kappa shape index (κ3) is 2.78. The van der Waals surface area contributed by atoms with E-state index in [9.17, 15) is 0 Å². The minimum absolute atomic E-state index is 0.582. The molecule has 0 bridgehead atoms. The van der Waals surface area contributed by atoms with E-state index in [1.807, 2.05) is 48.5 Å². The molecule has 4 heteroatoms. The van der Waals surface area contributed by atoms with Crippen LogP contribution in [0.2, 0.25) is 5.02 Å². The first kappa shape index (κ1) is 13.7. The van der Waals surface area contributed by atoms with Crippen molar-refractivity contribution in [1.29, 1.82) is 0 Å². The summed E-state index contributed by atoms with van der Waals surface area (Å²) in [5.41, 5.74) is 2.87. The summed E-state index contributed by atoms with van der Waals surface area (Å²) in [7, 11) is 1.65. The van der Waals surface area contributed by atoms with Gasteiger partial charge in [-0.15, -0.1) is 0 Å². The lowest BCUT2D eigenvalue weighted by atomic mass is 10.1. The minimum Gasteiger partial charge on any atom is -0.496 e. The van der Waals surface area contributed by atoms with Crippen LogP contribution in [0.25, 0.3) is 10.9 Å². The monoisotopic (exact) mass is 298 g/mol. The number of fused-ring (bicyclic) bond motifs is 1. The predicted octanol–water partition coefficient (Wildman–Crippen LogP) is 4.51. The fraction of sp³-hybridized carbons (Fsp3) is 0.118. The normalized spacial score (nSPS) is 10.6. The summed E-state index contributed by atoms with van der Waals surface area (Å²) in [6.45, 7) is 0.582. The number of methoxy groups -OCH3 is 1. The van der Waals surface area contributed by atoms with Gasteiger partial charge in [0.1, 0.15) is 5.75 Å². The highest BCUT2D eigenvalue weighted by Gasteiger charge is 2.08. The van der Waals surface area contributed by atoms with Crippen LogP contribution in [-0.2, 0) is 6.54 Å². The number of rotatable bonds is 4. The Morgan fingerprint density at radius 1 is 1.10 bits per heavy atom. The number of halogens is 1. The first-order valence-corrected chi connectivity index (χ1v) is 7.06. The topological polar surface area (TPSA) is 34.1 Å². The van der Waals surface area contributed by atoms with Crippen LogP contribution in [0.5, 0.6) is 5.75 Å². The number of hydrogen-bond donors (Lipinski definition) is 1. The van der Waals surface area contributed by atoms with Gasteiger partial charge in [-0.1, -0.05) is 35.9 Å². The molecule has 0 aliphatic rings. The molecule has 0 fully saturated rings. The Morgan fingerprint density at radius 2 is 1.90 bits per heavy atom. The molecule has 0 saturated carbocycles. The molecule has 2 aromatic carbocycles. The largest absolute Gasteiger partial charge is 0.496 e. The quantitative estimate of drug-likeness (QED) is 0.769. The van der Waals surface area contributed by atoms with Crippen LogP contribution >= 0.6 is 11.6 Å². The molecule has 0 atom stereocenters. The lowest BCUT2D eigenvalue weighted by molar-refractivity contribution is 0.410. The van der Waals surface area contributed by atoms with Gasteiger partial charge in [0.05, 0.1) is 18.3 Å². The van der Waals surface area contributed by atoms with E-state index >= 15 is 0 Å². The molecule has 0 aliphatic carbocycles. The van der Waals surface area contributed by atoms with E-state index in [1.54, 1.807) is 13.3 Å². The molecule has 3 aromatic rings. The average molecular weight is 299 g/mol.